The summed E-state index contributed by atoms with van der Waals surface area (Å²) in [7, 11) is 0. The molecule has 0 radical (unpaired) electrons. The van der Waals surface area contributed by atoms with Crippen LogP contribution in [0.4, 0.5) is 24.8 Å². The number of nitrogens with one attached hydrogen (secondary N) is 3. The molecule has 1 aromatic carbocycles. The fourth-order valence-corrected chi connectivity index (χ4v) is 6.61. The van der Waals surface area contributed by atoms with Crippen LogP contribution < -0.4 is 14.9 Å². The van der Waals surface area contributed by atoms with Gasteiger partial charge in [0.2, 0.25) is 5.90 Å². The molecular weight excluding hydrogens is 575 g/mol. The molecule has 3 aliphatic rings. The Morgan fingerprint density at radius 2 is 2.02 bits per heavy atom. The van der Waals surface area contributed by atoms with Crippen LogP contribution >= 0.6 is 11.9 Å². The van der Waals surface area contributed by atoms with E-state index < -0.39 is 11.6 Å². The third-order valence-electron chi connectivity index (χ3n) is 8.96. The Labute approximate surface area is 255 Å². The summed E-state index contributed by atoms with van der Waals surface area (Å²) in [6.45, 7) is 5.01. The number of benzene rings is 1. The van der Waals surface area contributed by atoms with Crippen LogP contribution in [0.15, 0.2) is 53.6 Å². The van der Waals surface area contributed by atoms with Gasteiger partial charge in [-0.1, -0.05) is 18.6 Å². The highest BCUT2D eigenvalue weighted by atomic mass is 32.2. The molecule has 4 bridgehead atoms. The first-order chi connectivity index (χ1) is 20.5. The molecule has 7 nitrogen and oxygen atoms in total. The van der Waals surface area contributed by atoms with Gasteiger partial charge in [0.05, 0.1) is 17.6 Å². The molecule has 1 aromatic heterocycles. The van der Waals surface area contributed by atoms with Crippen molar-refractivity contribution in [1.82, 2.24) is 9.71 Å². The van der Waals surface area contributed by atoms with Gasteiger partial charge in [-0.2, -0.15) is 13.2 Å². The summed E-state index contributed by atoms with van der Waals surface area (Å²) in [4.78, 5) is 21.6. The van der Waals surface area contributed by atoms with Crippen LogP contribution in [0.2, 0.25) is 0 Å². The van der Waals surface area contributed by atoms with Gasteiger partial charge in [0.15, 0.2) is 0 Å². The second-order valence-corrected chi connectivity index (χ2v) is 13.4. The van der Waals surface area contributed by atoms with Gasteiger partial charge >= 0.3 is 6.18 Å². The van der Waals surface area contributed by atoms with Gasteiger partial charge in [0.1, 0.15) is 11.6 Å². The van der Waals surface area contributed by atoms with Crippen molar-refractivity contribution in [3.8, 4) is 0 Å². The number of halogens is 3. The zero-order valence-corrected chi connectivity index (χ0v) is 25.5. The molecule has 2 aromatic rings. The number of hydrogen-bond acceptors (Lipinski definition) is 7. The average molecular weight is 616 g/mol. The summed E-state index contributed by atoms with van der Waals surface area (Å²) in [6, 6.07) is 11.8. The van der Waals surface area contributed by atoms with Crippen LogP contribution in [0.1, 0.15) is 81.1 Å². The maximum atomic E-state index is 13.5. The maximum absolute atomic E-state index is 13.5. The number of carbonyl (C=O) groups excluding carboxylic acids is 1. The smallest absolute Gasteiger partial charge is 0.394 e. The zero-order valence-electron chi connectivity index (χ0n) is 24.7. The first kappa shape index (κ1) is 31.2. The lowest BCUT2D eigenvalue weighted by Crippen LogP contribution is -2.51. The number of carbonyl (C=O) groups is 1. The van der Waals surface area contributed by atoms with Crippen molar-refractivity contribution in [3.05, 3.63) is 59.8 Å². The Hall–Kier alpha value is -3.21. The predicted octanol–water partition coefficient (Wildman–Crippen LogP) is 7.89. The Kier molecular flexibility index (Phi) is 9.29. The molecule has 1 atom stereocenters. The minimum absolute atomic E-state index is 0.118. The Morgan fingerprint density at radius 1 is 1.21 bits per heavy atom. The number of aromatic nitrogens is 1. The third kappa shape index (κ3) is 7.66. The van der Waals surface area contributed by atoms with E-state index in [-0.39, 0.29) is 43.2 Å². The van der Waals surface area contributed by atoms with Gasteiger partial charge in [0, 0.05) is 29.3 Å². The van der Waals surface area contributed by atoms with E-state index in [1.165, 1.54) is 29.8 Å². The molecule has 3 N–H and O–H groups in total. The van der Waals surface area contributed by atoms with Crippen molar-refractivity contribution < 1.29 is 22.7 Å². The highest BCUT2D eigenvalue weighted by Gasteiger charge is 2.62. The maximum Gasteiger partial charge on any atom is 0.394 e. The number of anilines is 2. The quantitative estimate of drug-likeness (QED) is 0.174. The number of rotatable bonds is 6. The second-order valence-electron chi connectivity index (χ2n) is 12.5. The van der Waals surface area contributed by atoms with Crippen LogP contribution in [0.5, 0.6) is 0 Å². The van der Waals surface area contributed by atoms with Crippen LogP contribution in [0.3, 0.4) is 0 Å². The topological polar surface area (TPSA) is 90.3 Å². The fraction of sp³-hybridized carbons (Fsp3) is 0.531. The summed E-state index contributed by atoms with van der Waals surface area (Å²) in [6.07, 6.45) is 5.20. The normalized spacial score (nSPS) is 21.7. The summed E-state index contributed by atoms with van der Waals surface area (Å²) >= 11 is 1.30. The summed E-state index contributed by atoms with van der Waals surface area (Å²) < 4.78 is 47.6. The number of pyridine rings is 1. The summed E-state index contributed by atoms with van der Waals surface area (Å²) in [5.74, 6) is 1.12. The first-order valence-electron chi connectivity index (χ1n) is 15.0. The molecule has 1 saturated carbocycles. The van der Waals surface area contributed by atoms with Gasteiger partial charge in [-0.25, -0.2) is 4.98 Å². The van der Waals surface area contributed by atoms with Crippen LogP contribution in [0, 0.1) is 16.7 Å². The minimum atomic E-state index is -4.23. The Morgan fingerprint density at radius 3 is 2.79 bits per heavy atom. The molecule has 3 heterocycles. The number of amides is 1. The molecular formula is C32H40F3N5O2S. The number of alkyl halides is 3. The molecule has 2 aliphatic heterocycles. The van der Waals surface area contributed by atoms with Crippen LogP contribution in [0.25, 0.3) is 0 Å². The fourth-order valence-electron chi connectivity index (χ4n) is 5.93. The minimum Gasteiger partial charge on any atom is -0.478 e. The molecule has 2 fully saturated rings. The average Bonchev–Trinajstić information content (AvgIpc) is 3.76. The van der Waals surface area contributed by atoms with Crippen LogP contribution in [-0.4, -0.2) is 41.7 Å². The molecule has 1 saturated heterocycles. The van der Waals surface area contributed by atoms with E-state index in [9.17, 15) is 18.0 Å². The predicted molar refractivity (Wildman–Crippen MR) is 164 cm³/mol. The standard InChI is InChI=1S/C32H40F3N5O2S/c1-30(2)14-12-23-7-4-3-6-22-8-5-9-24(20-22)43-39-29(41)25-10-11-27(38-28(25)40(30)21-23)37-18-13-26(36)42-19-17-31(15-16-31)32(33,34)35/h5,8-11,13,18,20,23,36H,3-4,6-7,12,14-17,19,21H2,1-2H3,(H,37,38)(H,39,41)/b18-13-,36-26?. The Balaban J connectivity index is 1.31. The van der Waals surface area contributed by atoms with E-state index in [0.717, 1.165) is 50.0 Å². The number of nitrogens with zero attached hydrogens (tertiary/aromatic N) is 2. The highest BCUT2D eigenvalue weighted by Crippen LogP contribution is 2.59. The second kappa shape index (κ2) is 12.8. The zero-order chi connectivity index (χ0) is 30.7. The molecule has 1 unspecified atom stereocenters. The van der Waals surface area contributed by atoms with Crippen LogP contribution in [-0.2, 0) is 11.2 Å². The number of piperidine rings is 1. The van der Waals surface area contributed by atoms with E-state index in [0.29, 0.717) is 23.1 Å². The number of fused-ring (bicyclic) bond motifs is 6. The summed E-state index contributed by atoms with van der Waals surface area (Å²) in [5.41, 5.74) is -0.0928. The molecule has 1 aliphatic carbocycles. The van der Waals surface area contributed by atoms with Crippen molar-refractivity contribution in [3.63, 3.8) is 0 Å². The number of aryl methyl sites for hydroxylation is 1. The van der Waals surface area contributed by atoms with E-state index in [2.05, 4.69) is 40.9 Å². The highest BCUT2D eigenvalue weighted by molar-refractivity contribution is 7.98. The lowest BCUT2D eigenvalue weighted by molar-refractivity contribution is -0.190. The molecule has 5 rings (SSSR count). The van der Waals surface area contributed by atoms with E-state index >= 15 is 0 Å². The lowest BCUT2D eigenvalue weighted by atomic mass is 9.82. The molecule has 11 heteroatoms. The van der Waals surface area contributed by atoms with Crippen molar-refractivity contribution in [2.75, 3.05) is 23.4 Å². The lowest BCUT2D eigenvalue weighted by Gasteiger charge is -2.47. The summed E-state index contributed by atoms with van der Waals surface area (Å²) in [5, 5.41) is 11.0. The van der Waals surface area contributed by atoms with Crippen molar-refractivity contribution in [1.29, 1.82) is 5.41 Å². The molecule has 43 heavy (non-hydrogen) atoms. The van der Waals surface area contributed by atoms with E-state index in [1.807, 2.05) is 12.1 Å². The van der Waals surface area contributed by atoms with Crippen molar-refractivity contribution in [2.24, 2.45) is 11.3 Å². The van der Waals surface area contributed by atoms with E-state index in [4.69, 9.17) is 15.1 Å². The van der Waals surface area contributed by atoms with Crippen molar-refractivity contribution in [2.45, 2.75) is 88.2 Å². The molecule has 0 spiro atoms. The van der Waals surface area contributed by atoms with Gasteiger partial charge in [-0.15, -0.1) is 0 Å². The van der Waals surface area contributed by atoms with Gasteiger partial charge in [-0.3, -0.25) is 14.9 Å². The van der Waals surface area contributed by atoms with Gasteiger partial charge in [0.25, 0.3) is 5.91 Å². The Bertz CT molecular complexity index is 1360. The largest absolute Gasteiger partial charge is 0.478 e. The molecule has 232 valence electrons. The molecule has 1 amide bonds. The first-order valence-corrected chi connectivity index (χ1v) is 15.8. The van der Waals surface area contributed by atoms with E-state index in [1.54, 1.807) is 12.1 Å². The third-order valence-corrected chi connectivity index (χ3v) is 9.74. The number of hydrogen-bond donors (Lipinski definition) is 3. The number of ether oxygens (including phenoxy) is 1. The monoisotopic (exact) mass is 615 g/mol. The SMILES string of the molecule is CC1(C)CCC2CCCCc3cccc(c3)SNC(=O)c3ccc(N/C=C\C(=N)OCCC4(C(F)(F)F)CC4)nc3N1C2. The van der Waals surface area contributed by atoms with Gasteiger partial charge < -0.3 is 15.0 Å². The van der Waals surface area contributed by atoms with Crippen molar-refractivity contribution >= 4 is 35.4 Å². The van der Waals surface area contributed by atoms with Gasteiger partial charge in [-0.05, 0) is 113 Å².